The van der Waals surface area contributed by atoms with E-state index in [2.05, 4.69) is 10.1 Å². The fraction of sp³-hybridized carbons (Fsp3) is 0.211. The molecule has 0 radical (unpaired) electrons. The standard InChI is InChI=1S/C19H17N7O2/c1-23-14-6-4-5-7-15(14)24(2)18(23)12(8-20)16(27)10-26-11-21-17-13(19(26)28)9-22-25(17)3/h4-7,9,11H,10H2,1-3H3. The minimum absolute atomic E-state index is 0.0145. The number of rotatable bonds is 3. The topological polar surface area (TPSA) is 100 Å². The van der Waals surface area contributed by atoms with Crippen molar-refractivity contribution in [1.29, 1.82) is 5.26 Å². The van der Waals surface area contributed by atoms with Crippen molar-refractivity contribution in [1.82, 2.24) is 19.3 Å². The SMILES string of the molecule is CN1C(=C(C#N)C(=O)Cn2cnc3c(cnn3C)c2=O)N(C)c2ccccc21. The molecule has 0 saturated carbocycles. The van der Waals surface area contributed by atoms with Crippen LogP contribution in [-0.2, 0) is 18.4 Å². The number of hydrogen-bond acceptors (Lipinski definition) is 7. The van der Waals surface area contributed by atoms with Crippen LogP contribution < -0.4 is 15.4 Å². The van der Waals surface area contributed by atoms with Gasteiger partial charge in [-0.25, -0.2) is 4.98 Å². The number of benzene rings is 1. The lowest BCUT2D eigenvalue weighted by Crippen LogP contribution is -2.30. The Morgan fingerprint density at radius 1 is 1.14 bits per heavy atom. The highest BCUT2D eigenvalue weighted by Crippen LogP contribution is 2.40. The number of fused-ring (bicyclic) bond motifs is 2. The highest BCUT2D eigenvalue weighted by Gasteiger charge is 2.31. The Balaban J connectivity index is 1.74. The third-order valence-electron chi connectivity index (χ3n) is 4.89. The maximum Gasteiger partial charge on any atom is 0.264 e. The van der Waals surface area contributed by atoms with Gasteiger partial charge in [-0.05, 0) is 12.1 Å². The highest BCUT2D eigenvalue weighted by molar-refractivity contribution is 6.02. The molecule has 0 fully saturated rings. The molecule has 0 spiro atoms. The lowest BCUT2D eigenvalue weighted by atomic mass is 10.1. The third-order valence-corrected chi connectivity index (χ3v) is 4.89. The van der Waals surface area contributed by atoms with E-state index in [0.717, 1.165) is 11.4 Å². The zero-order chi connectivity index (χ0) is 20.0. The van der Waals surface area contributed by atoms with Crippen molar-refractivity contribution in [2.75, 3.05) is 23.9 Å². The summed E-state index contributed by atoms with van der Waals surface area (Å²) in [4.78, 5) is 33.3. The minimum Gasteiger partial charge on any atom is -0.328 e. The second-order valence-electron chi connectivity index (χ2n) is 6.52. The molecule has 0 amide bonds. The Bertz CT molecular complexity index is 1210. The number of nitriles is 1. The zero-order valence-corrected chi connectivity index (χ0v) is 15.6. The fourth-order valence-electron chi connectivity index (χ4n) is 3.47. The Morgan fingerprint density at radius 2 is 1.79 bits per heavy atom. The maximum absolute atomic E-state index is 12.9. The Hall–Kier alpha value is -3.93. The molecule has 28 heavy (non-hydrogen) atoms. The van der Waals surface area contributed by atoms with Crippen molar-refractivity contribution in [3.05, 3.63) is 58.5 Å². The van der Waals surface area contributed by atoms with Gasteiger partial charge < -0.3 is 9.80 Å². The fourth-order valence-corrected chi connectivity index (χ4v) is 3.47. The molecule has 0 aliphatic carbocycles. The summed E-state index contributed by atoms with van der Waals surface area (Å²) >= 11 is 0. The zero-order valence-electron chi connectivity index (χ0n) is 15.6. The highest BCUT2D eigenvalue weighted by atomic mass is 16.1. The first kappa shape index (κ1) is 17.5. The summed E-state index contributed by atoms with van der Waals surface area (Å²) in [6.45, 7) is -0.277. The van der Waals surface area contributed by atoms with Gasteiger partial charge >= 0.3 is 0 Å². The van der Waals surface area contributed by atoms with Crippen LogP contribution in [0.15, 0.2) is 53.0 Å². The summed E-state index contributed by atoms with van der Waals surface area (Å²) in [6, 6.07) is 9.65. The summed E-state index contributed by atoms with van der Waals surface area (Å²) in [5.74, 6) is 0.0216. The molecule has 0 bridgehead atoms. The average Bonchev–Trinajstić information content (AvgIpc) is 3.19. The van der Waals surface area contributed by atoms with Crippen LogP contribution in [0.1, 0.15) is 0 Å². The van der Waals surface area contributed by atoms with Crippen LogP contribution in [0, 0.1) is 11.3 Å². The molecule has 0 atom stereocenters. The normalized spacial score (nSPS) is 13.0. The Labute approximate surface area is 160 Å². The van der Waals surface area contributed by atoms with Crippen molar-refractivity contribution in [2.24, 2.45) is 7.05 Å². The predicted molar refractivity (Wildman–Crippen MR) is 104 cm³/mol. The van der Waals surface area contributed by atoms with Gasteiger partial charge in [0.15, 0.2) is 11.4 Å². The summed E-state index contributed by atoms with van der Waals surface area (Å²) in [5, 5.41) is 14.0. The van der Waals surface area contributed by atoms with Crippen molar-refractivity contribution in [2.45, 2.75) is 6.54 Å². The van der Waals surface area contributed by atoms with E-state index >= 15 is 0 Å². The molecule has 4 rings (SSSR count). The molecular formula is C19H17N7O2. The number of nitrogens with zero attached hydrogens (tertiary/aromatic N) is 7. The van der Waals surface area contributed by atoms with Crippen molar-refractivity contribution < 1.29 is 4.79 Å². The first-order valence-corrected chi connectivity index (χ1v) is 8.55. The summed E-state index contributed by atoms with van der Waals surface area (Å²) in [5.41, 5.74) is 1.86. The quantitative estimate of drug-likeness (QED) is 0.498. The number of allylic oxidation sites excluding steroid dienone is 1. The van der Waals surface area contributed by atoms with Crippen LogP contribution in [0.5, 0.6) is 0 Å². The Kier molecular flexibility index (Phi) is 3.96. The second-order valence-corrected chi connectivity index (χ2v) is 6.52. The average molecular weight is 375 g/mol. The van der Waals surface area contributed by atoms with Gasteiger partial charge in [-0.3, -0.25) is 18.8 Å². The second kappa shape index (κ2) is 6.35. The van der Waals surface area contributed by atoms with Gasteiger partial charge in [-0.1, -0.05) is 12.1 Å². The number of ketones is 1. The summed E-state index contributed by atoms with van der Waals surface area (Å²) in [6.07, 6.45) is 2.73. The van der Waals surface area contributed by atoms with Gasteiger partial charge in [0.1, 0.15) is 29.2 Å². The van der Waals surface area contributed by atoms with E-state index in [-0.39, 0.29) is 17.7 Å². The van der Waals surface area contributed by atoms with E-state index in [1.165, 1.54) is 21.8 Å². The monoisotopic (exact) mass is 375 g/mol. The molecule has 140 valence electrons. The van der Waals surface area contributed by atoms with Crippen LogP contribution >= 0.6 is 0 Å². The van der Waals surface area contributed by atoms with Crippen molar-refractivity contribution in [3.8, 4) is 6.07 Å². The van der Waals surface area contributed by atoms with Gasteiger partial charge in [0.25, 0.3) is 5.56 Å². The number of aromatic nitrogens is 4. The number of carbonyl (C=O) groups is 1. The molecule has 3 aromatic rings. The molecule has 0 N–H and O–H groups in total. The summed E-state index contributed by atoms with van der Waals surface area (Å²) < 4.78 is 2.69. The molecule has 1 aliphatic rings. The van der Waals surface area contributed by atoms with Crippen LogP contribution in [0.4, 0.5) is 11.4 Å². The molecule has 9 heteroatoms. The van der Waals surface area contributed by atoms with Gasteiger partial charge in [0.2, 0.25) is 0 Å². The molecule has 2 aromatic heterocycles. The van der Waals surface area contributed by atoms with Gasteiger partial charge in [0.05, 0.1) is 24.1 Å². The molecule has 3 heterocycles. The molecular weight excluding hydrogens is 358 g/mol. The largest absolute Gasteiger partial charge is 0.328 e. The molecule has 1 aliphatic heterocycles. The molecule has 1 aromatic carbocycles. The first-order valence-electron chi connectivity index (χ1n) is 8.55. The number of Topliss-reactive ketones (excluding diaryl/α,β-unsaturated/α-hetero) is 1. The Morgan fingerprint density at radius 3 is 2.39 bits per heavy atom. The van der Waals surface area contributed by atoms with E-state index < -0.39 is 5.78 Å². The summed E-state index contributed by atoms with van der Waals surface area (Å²) in [7, 11) is 5.29. The number of anilines is 2. The number of para-hydroxylation sites is 2. The smallest absolute Gasteiger partial charge is 0.264 e. The minimum atomic E-state index is -0.462. The van der Waals surface area contributed by atoms with Crippen LogP contribution in [-0.4, -0.2) is 39.2 Å². The van der Waals surface area contributed by atoms with E-state index in [1.807, 2.05) is 30.3 Å². The van der Waals surface area contributed by atoms with Crippen molar-refractivity contribution >= 4 is 28.2 Å². The van der Waals surface area contributed by atoms with Crippen LogP contribution in [0.25, 0.3) is 11.0 Å². The first-order chi connectivity index (χ1) is 13.4. The maximum atomic E-state index is 12.9. The molecule has 0 saturated heterocycles. The van der Waals surface area contributed by atoms with E-state index in [0.29, 0.717) is 16.9 Å². The lowest BCUT2D eigenvalue weighted by Gasteiger charge is -2.20. The van der Waals surface area contributed by atoms with E-state index in [4.69, 9.17) is 0 Å². The van der Waals surface area contributed by atoms with E-state index in [1.54, 1.807) is 30.9 Å². The lowest BCUT2D eigenvalue weighted by molar-refractivity contribution is -0.115. The van der Waals surface area contributed by atoms with Crippen LogP contribution in [0.3, 0.4) is 0 Å². The van der Waals surface area contributed by atoms with Gasteiger partial charge in [0, 0.05) is 21.1 Å². The van der Waals surface area contributed by atoms with E-state index in [9.17, 15) is 14.9 Å². The molecule has 0 unspecified atom stereocenters. The van der Waals surface area contributed by atoms with Crippen molar-refractivity contribution in [3.63, 3.8) is 0 Å². The van der Waals surface area contributed by atoms with Crippen LogP contribution in [0.2, 0.25) is 0 Å². The predicted octanol–water partition coefficient (Wildman–Crippen LogP) is 1.02. The third kappa shape index (κ3) is 2.46. The molecule has 9 nitrogen and oxygen atoms in total. The number of aryl methyl sites for hydroxylation is 1. The number of hydrogen-bond donors (Lipinski definition) is 0. The van der Waals surface area contributed by atoms with Gasteiger partial charge in [-0.15, -0.1) is 0 Å². The number of carbonyl (C=O) groups excluding carboxylic acids is 1. The van der Waals surface area contributed by atoms with Gasteiger partial charge in [-0.2, -0.15) is 10.4 Å².